The normalized spacial score (nSPS) is 22.1. The summed E-state index contributed by atoms with van der Waals surface area (Å²) in [6.07, 6.45) is 5.82. The fourth-order valence-electron chi connectivity index (χ4n) is 2.50. The van der Waals surface area contributed by atoms with Crippen LogP contribution < -0.4 is 5.32 Å². The summed E-state index contributed by atoms with van der Waals surface area (Å²) < 4.78 is 0. The van der Waals surface area contributed by atoms with Gasteiger partial charge in [-0.25, -0.2) is 0 Å². The zero-order chi connectivity index (χ0) is 11.4. The maximum absolute atomic E-state index is 12.3. The molecule has 0 atom stereocenters. The van der Waals surface area contributed by atoms with Gasteiger partial charge in [-0.3, -0.25) is 4.79 Å². The highest BCUT2D eigenvalue weighted by Crippen LogP contribution is 2.30. The van der Waals surface area contributed by atoms with Gasteiger partial charge in [-0.05, 0) is 51.1 Å². The third-order valence-corrected chi connectivity index (χ3v) is 3.67. The van der Waals surface area contributed by atoms with Crippen LogP contribution in [0, 0.1) is 11.8 Å². The van der Waals surface area contributed by atoms with Crippen LogP contribution in [0.3, 0.4) is 0 Å². The topological polar surface area (TPSA) is 32.3 Å². The van der Waals surface area contributed by atoms with Crippen molar-refractivity contribution >= 4 is 5.91 Å². The van der Waals surface area contributed by atoms with Gasteiger partial charge in [-0.15, -0.1) is 0 Å². The van der Waals surface area contributed by atoms with E-state index in [0.29, 0.717) is 11.8 Å². The number of rotatable bonds is 5. The molecule has 1 aliphatic carbocycles. The zero-order valence-corrected chi connectivity index (χ0v) is 10.4. The minimum absolute atomic E-state index is 0.298. The molecule has 0 bridgehead atoms. The van der Waals surface area contributed by atoms with Crippen molar-refractivity contribution in [2.45, 2.75) is 39.0 Å². The summed E-state index contributed by atoms with van der Waals surface area (Å²) in [6, 6.07) is 0. The molecule has 1 saturated heterocycles. The van der Waals surface area contributed by atoms with Crippen LogP contribution in [0.2, 0.25) is 0 Å². The molecule has 0 radical (unpaired) electrons. The number of amides is 1. The highest BCUT2D eigenvalue weighted by molar-refractivity contribution is 5.79. The van der Waals surface area contributed by atoms with Crippen LogP contribution in [0.15, 0.2) is 0 Å². The number of carbonyl (C=O) groups excluding carboxylic acids is 1. The van der Waals surface area contributed by atoms with Crippen LogP contribution in [0.1, 0.15) is 39.0 Å². The smallest absolute Gasteiger partial charge is 0.225 e. The molecule has 0 aromatic heterocycles. The summed E-state index contributed by atoms with van der Waals surface area (Å²) >= 11 is 0. The molecule has 16 heavy (non-hydrogen) atoms. The maximum Gasteiger partial charge on any atom is 0.225 e. The van der Waals surface area contributed by atoms with Gasteiger partial charge in [0, 0.05) is 19.0 Å². The van der Waals surface area contributed by atoms with Crippen molar-refractivity contribution in [1.29, 1.82) is 0 Å². The molecule has 0 unspecified atom stereocenters. The second-order valence-electron chi connectivity index (χ2n) is 5.25. The molecule has 1 amide bonds. The zero-order valence-electron chi connectivity index (χ0n) is 10.4. The van der Waals surface area contributed by atoms with Gasteiger partial charge in [0.2, 0.25) is 5.91 Å². The Bertz CT molecular complexity index is 232. The lowest BCUT2D eigenvalue weighted by atomic mass is 9.96. The van der Waals surface area contributed by atoms with E-state index < -0.39 is 0 Å². The molecule has 3 nitrogen and oxygen atoms in total. The molecule has 3 heteroatoms. The highest BCUT2D eigenvalue weighted by Gasteiger charge is 2.30. The first-order chi connectivity index (χ1) is 7.81. The van der Waals surface area contributed by atoms with Crippen molar-refractivity contribution in [1.82, 2.24) is 10.2 Å². The van der Waals surface area contributed by atoms with Gasteiger partial charge in [-0.1, -0.05) is 6.92 Å². The van der Waals surface area contributed by atoms with E-state index in [-0.39, 0.29) is 0 Å². The largest absolute Gasteiger partial charge is 0.342 e. The van der Waals surface area contributed by atoms with E-state index in [9.17, 15) is 4.79 Å². The Hall–Kier alpha value is -0.570. The number of carbonyl (C=O) groups is 1. The molecule has 2 rings (SSSR count). The van der Waals surface area contributed by atoms with Gasteiger partial charge in [0.1, 0.15) is 0 Å². The lowest BCUT2D eigenvalue weighted by molar-refractivity contribution is -0.136. The molecule has 0 spiro atoms. The average Bonchev–Trinajstić information content (AvgIpc) is 3.13. The van der Waals surface area contributed by atoms with Crippen molar-refractivity contribution in [3.63, 3.8) is 0 Å². The number of hydrogen-bond acceptors (Lipinski definition) is 2. The van der Waals surface area contributed by atoms with Crippen LogP contribution >= 0.6 is 0 Å². The fourth-order valence-corrected chi connectivity index (χ4v) is 2.50. The molecular weight excluding hydrogens is 200 g/mol. The predicted octanol–water partition coefficient (Wildman–Crippen LogP) is 1.63. The van der Waals surface area contributed by atoms with E-state index in [4.69, 9.17) is 0 Å². The van der Waals surface area contributed by atoms with E-state index >= 15 is 0 Å². The Labute approximate surface area is 98.6 Å². The summed E-state index contributed by atoms with van der Waals surface area (Å²) in [5.41, 5.74) is 0. The molecule has 2 fully saturated rings. The summed E-state index contributed by atoms with van der Waals surface area (Å²) in [7, 11) is 0. The lowest BCUT2D eigenvalue weighted by Crippen LogP contribution is -2.42. The van der Waals surface area contributed by atoms with Crippen LogP contribution in [0.4, 0.5) is 0 Å². The molecule has 1 heterocycles. The average molecular weight is 224 g/mol. The van der Waals surface area contributed by atoms with Gasteiger partial charge >= 0.3 is 0 Å². The summed E-state index contributed by atoms with van der Waals surface area (Å²) in [5.74, 6) is 1.54. The number of nitrogens with zero attached hydrogens (tertiary/aromatic N) is 1. The van der Waals surface area contributed by atoms with E-state index in [1.165, 1.54) is 12.8 Å². The van der Waals surface area contributed by atoms with Gasteiger partial charge in [-0.2, -0.15) is 0 Å². The summed E-state index contributed by atoms with van der Waals surface area (Å²) in [5, 5.41) is 3.32. The third kappa shape index (κ3) is 3.21. The van der Waals surface area contributed by atoms with Gasteiger partial charge in [0.25, 0.3) is 0 Å². The minimum Gasteiger partial charge on any atom is -0.342 e. The van der Waals surface area contributed by atoms with Crippen LogP contribution in [-0.4, -0.2) is 37.0 Å². The molecule has 0 aromatic carbocycles. The first-order valence-corrected chi connectivity index (χ1v) is 6.80. The maximum atomic E-state index is 12.3. The standard InChI is InChI=1S/C13H24N2O/c1-2-9-15(10-11-3-4-11)13(16)12-5-7-14-8-6-12/h11-12,14H,2-10H2,1H3. The first kappa shape index (κ1) is 11.9. The van der Waals surface area contributed by atoms with Crippen LogP contribution in [0.5, 0.6) is 0 Å². The molecular formula is C13H24N2O. The van der Waals surface area contributed by atoms with E-state index in [2.05, 4.69) is 17.1 Å². The van der Waals surface area contributed by atoms with E-state index in [1.54, 1.807) is 0 Å². The summed E-state index contributed by atoms with van der Waals surface area (Å²) in [4.78, 5) is 14.5. The van der Waals surface area contributed by atoms with Crippen molar-refractivity contribution in [3.05, 3.63) is 0 Å². The van der Waals surface area contributed by atoms with Gasteiger partial charge in [0.15, 0.2) is 0 Å². The molecule has 0 aromatic rings. The number of hydrogen-bond donors (Lipinski definition) is 1. The van der Waals surface area contributed by atoms with E-state index in [1.807, 2.05) is 0 Å². The minimum atomic E-state index is 0.298. The van der Waals surface area contributed by atoms with Crippen molar-refractivity contribution in [2.75, 3.05) is 26.2 Å². The van der Waals surface area contributed by atoms with Gasteiger partial charge < -0.3 is 10.2 Å². The molecule has 1 aliphatic heterocycles. The number of nitrogens with one attached hydrogen (secondary N) is 1. The Morgan fingerprint density at radius 2 is 1.94 bits per heavy atom. The second-order valence-corrected chi connectivity index (χ2v) is 5.25. The van der Waals surface area contributed by atoms with Crippen molar-refractivity contribution in [2.24, 2.45) is 11.8 Å². The van der Waals surface area contributed by atoms with Crippen molar-refractivity contribution in [3.8, 4) is 0 Å². The monoisotopic (exact) mass is 224 g/mol. The third-order valence-electron chi connectivity index (χ3n) is 3.67. The first-order valence-electron chi connectivity index (χ1n) is 6.80. The van der Waals surface area contributed by atoms with Gasteiger partial charge in [0.05, 0.1) is 0 Å². The van der Waals surface area contributed by atoms with Crippen LogP contribution in [0.25, 0.3) is 0 Å². The molecule has 2 aliphatic rings. The fraction of sp³-hybridized carbons (Fsp3) is 0.923. The Morgan fingerprint density at radius 1 is 1.25 bits per heavy atom. The highest BCUT2D eigenvalue weighted by atomic mass is 16.2. The SMILES string of the molecule is CCCN(CC1CC1)C(=O)C1CCNCC1. The number of piperidine rings is 1. The van der Waals surface area contributed by atoms with Crippen molar-refractivity contribution < 1.29 is 4.79 Å². The second kappa shape index (κ2) is 5.67. The predicted molar refractivity (Wildman–Crippen MR) is 65.2 cm³/mol. The van der Waals surface area contributed by atoms with Crippen LogP contribution in [-0.2, 0) is 4.79 Å². The molecule has 92 valence electrons. The summed E-state index contributed by atoms with van der Waals surface area (Å²) in [6.45, 7) is 6.17. The Balaban J connectivity index is 1.86. The molecule has 1 saturated carbocycles. The Morgan fingerprint density at radius 3 is 2.50 bits per heavy atom. The quantitative estimate of drug-likeness (QED) is 0.770. The van der Waals surface area contributed by atoms with E-state index in [0.717, 1.165) is 51.4 Å². The molecule has 1 N–H and O–H groups in total. The lowest BCUT2D eigenvalue weighted by Gasteiger charge is -2.29. The Kier molecular flexibility index (Phi) is 4.22.